The van der Waals surface area contributed by atoms with E-state index < -0.39 is 5.60 Å². The van der Waals surface area contributed by atoms with E-state index in [4.69, 9.17) is 10.5 Å². The summed E-state index contributed by atoms with van der Waals surface area (Å²) in [5, 5.41) is 11.0. The van der Waals surface area contributed by atoms with E-state index in [9.17, 15) is 5.11 Å². The minimum atomic E-state index is -1.10. The van der Waals surface area contributed by atoms with Crippen molar-refractivity contribution in [1.29, 1.82) is 0 Å². The number of rotatable bonds is 3. The van der Waals surface area contributed by atoms with Crippen LogP contribution in [0.1, 0.15) is 37.5 Å². The van der Waals surface area contributed by atoms with Gasteiger partial charge in [-0.1, -0.05) is 32.9 Å². The molecule has 1 rings (SSSR count). The van der Waals surface area contributed by atoms with Crippen LogP contribution >= 0.6 is 0 Å². The van der Waals surface area contributed by atoms with Crippen molar-refractivity contribution in [2.45, 2.75) is 40.2 Å². The zero-order valence-corrected chi connectivity index (χ0v) is 12.3. The second-order valence-corrected chi connectivity index (χ2v) is 5.90. The summed E-state index contributed by atoms with van der Waals surface area (Å²) >= 11 is 0. The van der Waals surface area contributed by atoms with Crippen LogP contribution in [0.2, 0.25) is 0 Å². The Bertz CT molecular complexity index is 435. The lowest BCUT2D eigenvalue weighted by atomic mass is 9.71. The monoisotopic (exact) mass is 251 g/mol. The predicted octanol–water partition coefficient (Wildman–Crippen LogP) is 2.50. The van der Waals surface area contributed by atoms with E-state index in [1.165, 1.54) is 0 Å². The van der Waals surface area contributed by atoms with Crippen LogP contribution < -0.4 is 10.5 Å². The molecule has 0 amide bonds. The molecular formula is C15H25NO2. The van der Waals surface area contributed by atoms with Crippen molar-refractivity contribution in [3.8, 4) is 5.75 Å². The summed E-state index contributed by atoms with van der Waals surface area (Å²) in [6.07, 6.45) is 0. The van der Waals surface area contributed by atoms with E-state index in [-0.39, 0.29) is 12.0 Å². The molecule has 1 atom stereocenters. The molecule has 3 N–H and O–H groups in total. The van der Waals surface area contributed by atoms with Crippen LogP contribution in [0.5, 0.6) is 5.75 Å². The van der Waals surface area contributed by atoms with Crippen molar-refractivity contribution < 1.29 is 9.84 Å². The quantitative estimate of drug-likeness (QED) is 0.868. The van der Waals surface area contributed by atoms with Crippen LogP contribution in [0.15, 0.2) is 12.1 Å². The smallest absolute Gasteiger partial charge is 0.128 e. The van der Waals surface area contributed by atoms with E-state index in [2.05, 4.69) is 0 Å². The molecular weight excluding hydrogens is 226 g/mol. The van der Waals surface area contributed by atoms with Crippen LogP contribution in [0.3, 0.4) is 0 Å². The summed E-state index contributed by atoms with van der Waals surface area (Å²) in [4.78, 5) is 0. The molecule has 1 aromatic rings. The van der Waals surface area contributed by atoms with Gasteiger partial charge in [-0.05, 0) is 30.4 Å². The average Bonchev–Trinajstić information content (AvgIpc) is 2.29. The van der Waals surface area contributed by atoms with Crippen molar-refractivity contribution in [3.05, 3.63) is 28.8 Å². The third-order valence-electron chi connectivity index (χ3n) is 3.86. The van der Waals surface area contributed by atoms with E-state index in [0.29, 0.717) is 0 Å². The van der Waals surface area contributed by atoms with Crippen molar-refractivity contribution in [1.82, 2.24) is 0 Å². The lowest BCUT2D eigenvalue weighted by Gasteiger charge is -2.41. The topological polar surface area (TPSA) is 55.5 Å². The first kappa shape index (κ1) is 15.0. The first-order chi connectivity index (χ1) is 8.19. The van der Waals surface area contributed by atoms with E-state index in [0.717, 1.165) is 22.4 Å². The Labute approximate surface area is 110 Å². The number of aliphatic hydroxyl groups is 1. The van der Waals surface area contributed by atoms with Gasteiger partial charge in [0.15, 0.2) is 0 Å². The third kappa shape index (κ3) is 2.25. The third-order valence-corrected chi connectivity index (χ3v) is 3.86. The fourth-order valence-corrected chi connectivity index (χ4v) is 2.20. The average molecular weight is 251 g/mol. The Kier molecular flexibility index (Phi) is 4.08. The molecule has 0 aliphatic rings. The van der Waals surface area contributed by atoms with Crippen LogP contribution in [-0.2, 0) is 5.60 Å². The van der Waals surface area contributed by atoms with Gasteiger partial charge in [-0.3, -0.25) is 0 Å². The Hall–Kier alpha value is -1.06. The Morgan fingerprint density at radius 1 is 1.22 bits per heavy atom. The van der Waals surface area contributed by atoms with Crippen LogP contribution in [0.4, 0.5) is 0 Å². The molecule has 0 aliphatic carbocycles. The molecule has 0 heterocycles. The number of nitrogens with two attached hydrogens (primary N) is 1. The minimum Gasteiger partial charge on any atom is -0.496 e. The van der Waals surface area contributed by atoms with E-state index >= 15 is 0 Å². The summed E-state index contributed by atoms with van der Waals surface area (Å²) in [5.41, 5.74) is 7.32. The second-order valence-electron chi connectivity index (χ2n) is 5.90. The normalized spacial score (nSPS) is 15.3. The summed E-state index contributed by atoms with van der Waals surface area (Å²) < 4.78 is 5.48. The van der Waals surface area contributed by atoms with Crippen molar-refractivity contribution in [3.63, 3.8) is 0 Å². The fourth-order valence-electron chi connectivity index (χ4n) is 2.20. The highest BCUT2D eigenvalue weighted by Crippen LogP contribution is 2.43. The maximum Gasteiger partial charge on any atom is 0.128 e. The number of hydrogen-bond acceptors (Lipinski definition) is 3. The molecule has 0 bridgehead atoms. The lowest BCUT2D eigenvalue weighted by molar-refractivity contribution is -0.0573. The molecule has 0 spiro atoms. The summed E-state index contributed by atoms with van der Waals surface area (Å²) in [6, 6.07) is 3.92. The van der Waals surface area contributed by atoms with Gasteiger partial charge in [0, 0.05) is 12.1 Å². The Morgan fingerprint density at radius 3 is 2.17 bits per heavy atom. The van der Waals surface area contributed by atoms with Gasteiger partial charge in [0.05, 0.1) is 7.11 Å². The first-order valence-electron chi connectivity index (χ1n) is 6.26. The molecule has 3 heteroatoms. The number of aryl methyl sites for hydroxylation is 1. The molecule has 3 nitrogen and oxygen atoms in total. The predicted molar refractivity (Wildman–Crippen MR) is 74.9 cm³/mol. The fraction of sp³-hybridized carbons (Fsp3) is 0.600. The highest BCUT2D eigenvalue weighted by atomic mass is 16.5. The van der Waals surface area contributed by atoms with Gasteiger partial charge in [-0.25, -0.2) is 0 Å². The van der Waals surface area contributed by atoms with Crippen LogP contribution in [-0.4, -0.2) is 18.8 Å². The number of ether oxygens (including phenoxy) is 1. The summed E-state index contributed by atoms with van der Waals surface area (Å²) in [6.45, 7) is 10.1. The van der Waals surface area contributed by atoms with Gasteiger partial charge in [-0.2, -0.15) is 0 Å². The largest absolute Gasteiger partial charge is 0.496 e. The van der Waals surface area contributed by atoms with Gasteiger partial charge in [0.1, 0.15) is 11.4 Å². The zero-order chi connectivity index (χ0) is 14.1. The molecule has 0 saturated carbocycles. The highest BCUT2D eigenvalue weighted by molar-refractivity contribution is 5.48. The Balaban J connectivity index is 3.54. The van der Waals surface area contributed by atoms with E-state index in [1.807, 2.05) is 46.8 Å². The SMILES string of the molecule is COc1c(C(O)(CN)C(C)(C)C)ccc(C)c1C. The standard InChI is InChI=1S/C15H25NO2/c1-10-7-8-12(13(18-6)11(10)2)15(17,9-16)14(3,4)5/h7-8,17H,9,16H2,1-6H3. The number of benzene rings is 1. The molecule has 1 aromatic carbocycles. The van der Waals surface area contributed by atoms with Crippen LogP contribution in [0, 0.1) is 19.3 Å². The molecule has 0 saturated heterocycles. The van der Waals surface area contributed by atoms with Gasteiger partial charge >= 0.3 is 0 Å². The van der Waals surface area contributed by atoms with Gasteiger partial charge in [0.25, 0.3) is 0 Å². The second kappa shape index (κ2) is 4.90. The van der Waals surface area contributed by atoms with Crippen molar-refractivity contribution in [2.24, 2.45) is 11.1 Å². The van der Waals surface area contributed by atoms with Gasteiger partial charge < -0.3 is 15.6 Å². The molecule has 0 aliphatic heterocycles. The van der Waals surface area contributed by atoms with Crippen molar-refractivity contribution in [2.75, 3.05) is 13.7 Å². The summed E-state index contributed by atoms with van der Waals surface area (Å²) in [5.74, 6) is 0.734. The highest BCUT2D eigenvalue weighted by Gasteiger charge is 2.42. The van der Waals surface area contributed by atoms with Gasteiger partial charge in [-0.15, -0.1) is 0 Å². The minimum absolute atomic E-state index is 0.162. The molecule has 0 fully saturated rings. The molecule has 18 heavy (non-hydrogen) atoms. The molecule has 0 radical (unpaired) electrons. The van der Waals surface area contributed by atoms with Gasteiger partial charge in [0.2, 0.25) is 0 Å². The molecule has 0 aromatic heterocycles. The molecule has 1 unspecified atom stereocenters. The first-order valence-corrected chi connectivity index (χ1v) is 6.26. The summed E-state index contributed by atoms with van der Waals surface area (Å²) in [7, 11) is 1.63. The maximum atomic E-state index is 11.0. The van der Waals surface area contributed by atoms with E-state index in [1.54, 1.807) is 7.11 Å². The zero-order valence-electron chi connectivity index (χ0n) is 12.3. The molecule has 102 valence electrons. The number of methoxy groups -OCH3 is 1. The van der Waals surface area contributed by atoms with Crippen LogP contribution in [0.25, 0.3) is 0 Å². The Morgan fingerprint density at radius 2 is 1.78 bits per heavy atom. The lowest BCUT2D eigenvalue weighted by Crippen LogP contribution is -2.46. The maximum absolute atomic E-state index is 11.0. The van der Waals surface area contributed by atoms with Crippen molar-refractivity contribution >= 4 is 0 Å². The number of hydrogen-bond donors (Lipinski definition) is 2.